The molecule has 0 saturated heterocycles. The molecule has 0 amide bonds. The number of ether oxygens (including phenoxy) is 1. The molecule has 0 fully saturated rings. The van der Waals surface area contributed by atoms with Gasteiger partial charge in [0.15, 0.2) is 0 Å². The van der Waals surface area contributed by atoms with E-state index >= 15 is 0 Å². The summed E-state index contributed by atoms with van der Waals surface area (Å²) in [5.74, 6) is -0.433. The summed E-state index contributed by atoms with van der Waals surface area (Å²) in [6.45, 7) is 5.51. The number of nitrogens with zero attached hydrogens (tertiary/aromatic N) is 4. The fourth-order valence-electron chi connectivity index (χ4n) is 2.87. The van der Waals surface area contributed by atoms with Crippen molar-refractivity contribution in [3.05, 3.63) is 53.9 Å². The van der Waals surface area contributed by atoms with Gasteiger partial charge in [-0.25, -0.2) is 14.8 Å². The SMILES string of the molecule is Cn1cc(-c2ccc3scc(-c4ccnc(C(=O)OC(C)(C)C)c4)c3n2)cn1. The molecule has 4 aromatic rings. The van der Waals surface area contributed by atoms with Crippen molar-refractivity contribution in [2.45, 2.75) is 26.4 Å². The normalized spacial score (nSPS) is 11.7. The molecule has 0 atom stereocenters. The predicted molar refractivity (Wildman–Crippen MR) is 110 cm³/mol. The number of aryl methyl sites for hydroxylation is 1. The number of rotatable bonds is 3. The lowest BCUT2D eigenvalue weighted by Gasteiger charge is -2.19. The van der Waals surface area contributed by atoms with E-state index in [0.717, 1.165) is 32.6 Å². The lowest BCUT2D eigenvalue weighted by Crippen LogP contribution is -2.24. The zero-order valence-corrected chi connectivity index (χ0v) is 16.9. The fourth-order valence-corrected chi connectivity index (χ4v) is 3.78. The molecule has 0 radical (unpaired) electrons. The Kier molecular flexibility index (Phi) is 4.47. The maximum absolute atomic E-state index is 12.4. The van der Waals surface area contributed by atoms with Gasteiger partial charge >= 0.3 is 5.97 Å². The fraction of sp³-hybridized carbons (Fsp3) is 0.238. The molecule has 0 aliphatic carbocycles. The van der Waals surface area contributed by atoms with Gasteiger partial charge in [-0.05, 0) is 50.6 Å². The summed E-state index contributed by atoms with van der Waals surface area (Å²) >= 11 is 1.62. The van der Waals surface area contributed by atoms with Crippen molar-refractivity contribution in [3.63, 3.8) is 0 Å². The molecule has 4 rings (SSSR count). The smallest absolute Gasteiger partial charge is 0.357 e. The van der Waals surface area contributed by atoms with E-state index in [0.29, 0.717) is 0 Å². The molecule has 0 N–H and O–H groups in total. The molecule has 6 nitrogen and oxygen atoms in total. The maximum Gasteiger partial charge on any atom is 0.357 e. The molecule has 0 aromatic carbocycles. The number of fused-ring (bicyclic) bond motifs is 1. The molecule has 0 bridgehead atoms. The zero-order valence-electron chi connectivity index (χ0n) is 16.1. The van der Waals surface area contributed by atoms with E-state index in [2.05, 4.69) is 21.5 Å². The van der Waals surface area contributed by atoms with Gasteiger partial charge in [0.1, 0.15) is 11.3 Å². The van der Waals surface area contributed by atoms with Gasteiger partial charge in [-0.1, -0.05) is 0 Å². The first-order valence-electron chi connectivity index (χ1n) is 8.87. The first-order valence-corrected chi connectivity index (χ1v) is 9.75. The summed E-state index contributed by atoms with van der Waals surface area (Å²) in [5.41, 5.74) is 4.30. The highest BCUT2D eigenvalue weighted by Crippen LogP contribution is 2.34. The van der Waals surface area contributed by atoms with E-state index in [1.54, 1.807) is 34.5 Å². The van der Waals surface area contributed by atoms with Crippen LogP contribution in [-0.4, -0.2) is 31.3 Å². The second kappa shape index (κ2) is 6.83. The quantitative estimate of drug-likeness (QED) is 0.472. The van der Waals surface area contributed by atoms with Crippen LogP contribution in [0.25, 0.3) is 32.6 Å². The molecule has 0 aliphatic rings. The Hall–Kier alpha value is -3.06. The Balaban J connectivity index is 1.75. The monoisotopic (exact) mass is 392 g/mol. The van der Waals surface area contributed by atoms with Gasteiger partial charge in [0.25, 0.3) is 0 Å². The van der Waals surface area contributed by atoms with Crippen LogP contribution >= 0.6 is 11.3 Å². The van der Waals surface area contributed by atoms with E-state index < -0.39 is 11.6 Å². The van der Waals surface area contributed by atoms with E-state index in [9.17, 15) is 4.79 Å². The molecule has 0 saturated carbocycles. The molecular formula is C21H20N4O2S. The van der Waals surface area contributed by atoms with Gasteiger partial charge in [-0.3, -0.25) is 4.68 Å². The Morgan fingerprint density at radius 3 is 2.71 bits per heavy atom. The molecule has 0 unspecified atom stereocenters. The lowest BCUT2D eigenvalue weighted by atomic mass is 10.1. The predicted octanol–water partition coefficient (Wildman–Crippen LogP) is 4.71. The average Bonchev–Trinajstić information content (AvgIpc) is 3.26. The number of hydrogen-bond acceptors (Lipinski definition) is 6. The minimum atomic E-state index is -0.565. The van der Waals surface area contributed by atoms with E-state index in [1.165, 1.54) is 0 Å². The van der Waals surface area contributed by atoms with Gasteiger partial charge in [-0.15, -0.1) is 11.3 Å². The minimum Gasteiger partial charge on any atom is -0.455 e. The topological polar surface area (TPSA) is 69.9 Å². The number of carbonyl (C=O) groups is 1. The van der Waals surface area contributed by atoms with Gasteiger partial charge < -0.3 is 4.74 Å². The van der Waals surface area contributed by atoms with Crippen LogP contribution < -0.4 is 0 Å². The van der Waals surface area contributed by atoms with Crippen molar-refractivity contribution < 1.29 is 9.53 Å². The van der Waals surface area contributed by atoms with Gasteiger partial charge in [-0.2, -0.15) is 5.10 Å². The summed E-state index contributed by atoms with van der Waals surface area (Å²) in [6, 6.07) is 7.70. The van der Waals surface area contributed by atoms with Crippen molar-refractivity contribution >= 4 is 27.5 Å². The standard InChI is InChI=1S/C21H20N4O2S/c1-21(2,3)27-20(26)17-9-13(7-8-22-17)15-12-28-18-6-5-16(24-19(15)18)14-10-23-25(4)11-14/h5-12H,1-4H3. The summed E-state index contributed by atoms with van der Waals surface area (Å²) in [6.07, 6.45) is 5.36. The first-order chi connectivity index (χ1) is 13.3. The summed E-state index contributed by atoms with van der Waals surface area (Å²) < 4.78 is 8.28. The number of aromatic nitrogens is 4. The van der Waals surface area contributed by atoms with Gasteiger partial charge in [0.2, 0.25) is 0 Å². The maximum atomic E-state index is 12.4. The number of hydrogen-bond donors (Lipinski definition) is 0. The van der Waals surface area contributed by atoms with Crippen molar-refractivity contribution in [1.82, 2.24) is 19.7 Å². The van der Waals surface area contributed by atoms with E-state index in [-0.39, 0.29) is 5.69 Å². The number of carbonyl (C=O) groups excluding carboxylic acids is 1. The third-order valence-electron chi connectivity index (χ3n) is 4.10. The second-order valence-corrected chi connectivity index (χ2v) is 8.44. The van der Waals surface area contributed by atoms with Crippen LogP contribution in [-0.2, 0) is 11.8 Å². The Bertz CT molecular complexity index is 1170. The first kappa shape index (κ1) is 18.3. The molecule has 142 valence electrons. The average molecular weight is 392 g/mol. The number of esters is 1. The van der Waals surface area contributed by atoms with E-state index in [1.807, 2.05) is 46.1 Å². The van der Waals surface area contributed by atoms with Gasteiger partial charge in [0, 0.05) is 35.9 Å². The lowest BCUT2D eigenvalue weighted by molar-refractivity contribution is 0.00629. The van der Waals surface area contributed by atoms with Crippen LogP contribution in [0, 0.1) is 0 Å². The highest BCUT2D eigenvalue weighted by molar-refractivity contribution is 7.17. The van der Waals surface area contributed by atoms with Crippen LogP contribution in [0.4, 0.5) is 0 Å². The van der Waals surface area contributed by atoms with Crippen LogP contribution in [0.2, 0.25) is 0 Å². The highest BCUT2D eigenvalue weighted by atomic mass is 32.1. The zero-order chi connectivity index (χ0) is 19.9. The number of thiophene rings is 1. The Morgan fingerprint density at radius 1 is 1.18 bits per heavy atom. The molecule has 4 heterocycles. The molecule has 28 heavy (non-hydrogen) atoms. The summed E-state index contributed by atoms with van der Waals surface area (Å²) in [5, 5.41) is 6.28. The van der Waals surface area contributed by atoms with Crippen molar-refractivity contribution in [1.29, 1.82) is 0 Å². The summed E-state index contributed by atoms with van der Waals surface area (Å²) in [4.78, 5) is 21.4. The van der Waals surface area contributed by atoms with Gasteiger partial charge in [0.05, 0.1) is 22.1 Å². The Labute approximate surface area is 166 Å². The molecule has 4 aromatic heterocycles. The van der Waals surface area contributed by atoms with E-state index in [4.69, 9.17) is 9.72 Å². The van der Waals surface area contributed by atoms with Crippen LogP contribution in [0.5, 0.6) is 0 Å². The number of pyridine rings is 2. The largest absolute Gasteiger partial charge is 0.455 e. The summed E-state index contributed by atoms with van der Waals surface area (Å²) in [7, 11) is 1.88. The van der Waals surface area contributed by atoms with Crippen LogP contribution in [0.15, 0.2) is 48.2 Å². The van der Waals surface area contributed by atoms with Crippen molar-refractivity contribution in [2.24, 2.45) is 7.05 Å². The molecule has 7 heteroatoms. The third-order valence-corrected chi connectivity index (χ3v) is 5.03. The minimum absolute atomic E-state index is 0.287. The highest BCUT2D eigenvalue weighted by Gasteiger charge is 2.20. The Morgan fingerprint density at radius 2 is 2.00 bits per heavy atom. The second-order valence-electron chi connectivity index (χ2n) is 7.53. The van der Waals surface area contributed by atoms with Crippen LogP contribution in [0.1, 0.15) is 31.3 Å². The van der Waals surface area contributed by atoms with Crippen molar-refractivity contribution in [2.75, 3.05) is 0 Å². The van der Waals surface area contributed by atoms with Crippen molar-refractivity contribution in [3.8, 4) is 22.4 Å². The molecule has 0 aliphatic heterocycles. The molecule has 0 spiro atoms. The molecular weight excluding hydrogens is 372 g/mol. The third kappa shape index (κ3) is 3.66. The van der Waals surface area contributed by atoms with Crippen LogP contribution in [0.3, 0.4) is 0 Å².